The molecule has 0 atom stereocenters. The van der Waals surface area contributed by atoms with E-state index >= 15 is 0 Å². The van der Waals surface area contributed by atoms with Crippen LogP contribution in [-0.2, 0) is 21.7 Å². The summed E-state index contributed by atoms with van der Waals surface area (Å²) >= 11 is 0. The van der Waals surface area contributed by atoms with E-state index in [0.717, 1.165) is 0 Å². The molecule has 0 saturated carbocycles. The van der Waals surface area contributed by atoms with Crippen LogP contribution in [0.2, 0.25) is 0 Å². The molecule has 3 nitrogen and oxygen atoms in total. The third kappa shape index (κ3) is 584. The van der Waals surface area contributed by atoms with Crippen molar-refractivity contribution in [3.63, 3.8) is 0 Å². The van der Waals surface area contributed by atoms with Crippen LogP contribution in [0.1, 0.15) is 13.8 Å². The molecule has 0 aliphatic rings. The average Bonchev–Trinajstić information content (AvgIpc) is 1.39. The van der Waals surface area contributed by atoms with Crippen molar-refractivity contribution in [1.82, 2.24) is 0 Å². The first-order valence-corrected chi connectivity index (χ1v) is 2.05. The molecule has 0 amide bonds. The van der Waals surface area contributed by atoms with Crippen LogP contribution in [0.4, 0.5) is 0 Å². The molecule has 0 rings (SSSR count). The van der Waals surface area contributed by atoms with Gasteiger partial charge < -0.3 is 15.7 Å². The summed E-state index contributed by atoms with van der Waals surface area (Å²) in [5, 5.41) is 15.1. The molecule has 0 heterocycles. The van der Waals surface area contributed by atoms with Crippen molar-refractivity contribution < 1.29 is 37.4 Å². The molecule has 0 aromatic heterocycles. The van der Waals surface area contributed by atoms with Crippen molar-refractivity contribution in [3.8, 4) is 0 Å². The maximum Gasteiger partial charge on any atom is 0.0402 e. The Balaban J connectivity index is -0.0000000160. The maximum absolute atomic E-state index is 7.57. The summed E-state index contributed by atoms with van der Waals surface area (Å²) in [4.78, 5) is 0. The van der Waals surface area contributed by atoms with Crippen molar-refractivity contribution in [2.75, 3.05) is 13.2 Å². The molecular weight excluding hydrogens is 144 g/mol. The molecule has 8 heavy (non-hydrogen) atoms. The van der Waals surface area contributed by atoms with E-state index in [-0.39, 0.29) is 40.4 Å². The van der Waals surface area contributed by atoms with Crippen LogP contribution in [0.5, 0.6) is 0 Å². The number of aliphatic hydroxyl groups is 2. The second-order valence-corrected chi connectivity index (χ2v) is 0.632. The summed E-state index contributed by atoms with van der Waals surface area (Å²) in [6.07, 6.45) is 0. The topological polar surface area (TPSA) is 72.0 Å². The predicted octanol–water partition coefficient (Wildman–Crippen LogP) is -0.830. The number of hydrogen-bond acceptors (Lipinski definition) is 2. The van der Waals surface area contributed by atoms with E-state index in [1.54, 1.807) is 13.8 Å². The van der Waals surface area contributed by atoms with Gasteiger partial charge in [-0.15, -0.1) is 0 Å². The minimum Gasteiger partial charge on any atom is -0.412 e. The van der Waals surface area contributed by atoms with Crippen LogP contribution >= 0.6 is 0 Å². The fourth-order valence-electron chi connectivity index (χ4n) is 0. The van der Waals surface area contributed by atoms with E-state index < -0.39 is 0 Å². The standard InChI is InChI=1S/2C2H6O.H2O.Ti/c2*1-2-3;;/h2*3H,2H2,1H3;1H2;. The van der Waals surface area contributed by atoms with Crippen LogP contribution in [0.15, 0.2) is 0 Å². The van der Waals surface area contributed by atoms with E-state index in [1.807, 2.05) is 0 Å². The van der Waals surface area contributed by atoms with Gasteiger partial charge in [-0.05, 0) is 13.8 Å². The Bertz CT molecular complexity index is 13.2. The second-order valence-electron chi connectivity index (χ2n) is 0.632. The Morgan fingerprint density at radius 3 is 1.00 bits per heavy atom. The van der Waals surface area contributed by atoms with Gasteiger partial charge in [-0.1, -0.05) is 0 Å². The molecule has 0 aliphatic heterocycles. The first-order valence-electron chi connectivity index (χ1n) is 2.05. The van der Waals surface area contributed by atoms with Gasteiger partial charge >= 0.3 is 0 Å². The molecule has 0 radical (unpaired) electrons. The van der Waals surface area contributed by atoms with Crippen LogP contribution in [0.3, 0.4) is 0 Å². The summed E-state index contributed by atoms with van der Waals surface area (Å²) in [5.74, 6) is 0. The molecule has 0 aromatic carbocycles. The van der Waals surface area contributed by atoms with Gasteiger partial charge in [-0.25, -0.2) is 0 Å². The van der Waals surface area contributed by atoms with Crippen molar-refractivity contribution in [2.45, 2.75) is 13.8 Å². The SMILES string of the molecule is CCO.CCO.O.[Ti]. The Labute approximate surface area is 64.9 Å². The van der Waals surface area contributed by atoms with E-state index in [2.05, 4.69) is 0 Å². The fourth-order valence-corrected chi connectivity index (χ4v) is 0. The number of rotatable bonds is 0. The van der Waals surface area contributed by atoms with Crippen molar-refractivity contribution in [3.05, 3.63) is 0 Å². The van der Waals surface area contributed by atoms with Gasteiger partial charge in [0.15, 0.2) is 0 Å². The van der Waals surface area contributed by atoms with Crippen LogP contribution in [0, 0.1) is 0 Å². The van der Waals surface area contributed by atoms with Gasteiger partial charge in [0.1, 0.15) is 0 Å². The van der Waals surface area contributed by atoms with Crippen LogP contribution in [-0.4, -0.2) is 28.9 Å². The summed E-state index contributed by atoms with van der Waals surface area (Å²) in [6, 6.07) is 0. The second kappa shape index (κ2) is 49.1. The normalized spacial score (nSPS) is 4.50. The van der Waals surface area contributed by atoms with E-state index in [9.17, 15) is 0 Å². The minimum atomic E-state index is 0. The van der Waals surface area contributed by atoms with E-state index in [1.165, 1.54) is 0 Å². The molecule has 0 unspecified atom stereocenters. The molecule has 0 bridgehead atoms. The van der Waals surface area contributed by atoms with Crippen molar-refractivity contribution >= 4 is 0 Å². The van der Waals surface area contributed by atoms with E-state index in [4.69, 9.17) is 10.2 Å². The fraction of sp³-hybridized carbons (Fsp3) is 1.00. The number of aliphatic hydroxyl groups excluding tert-OH is 2. The minimum absolute atomic E-state index is 0. The quantitative estimate of drug-likeness (QED) is 0.451. The Morgan fingerprint density at radius 1 is 1.00 bits per heavy atom. The van der Waals surface area contributed by atoms with E-state index in [0.29, 0.717) is 0 Å². The Morgan fingerprint density at radius 2 is 1.00 bits per heavy atom. The molecular formula is C4H14O3Ti. The van der Waals surface area contributed by atoms with Gasteiger partial charge in [0.25, 0.3) is 0 Å². The van der Waals surface area contributed by atoms with Gasteiger partial charge in [0.05, 0.1) is 0 Å². The van der Waals surface area contributed by atoms with Crippen molar-refractivity contribution in [1.29, 1.82) is 0 Å². The Hall–Kier alpha value is 0.594. The summed E-state index contributed by atoms with van der Waals surface area (Å²) < 4.78 is 0. The molecule has 4 heteroatoms. The average molecular weight is 158 g/mol. The summed E-state index contributed by atoms with van der Waals surface area (Å²) in [7, 11) is 0. The third-order valence-corrected chi connectivity index (χ3v) is 0. The maximum atomic E-state index is 7.57. The molecule has 4 N–H and O–H groups in total. The summed E-state index contributed by atoms with van der Waals surface area (Å²) in [5.41, 5.74) is 0. The number of hydrogen-bond donors (Lipinski definition) is 2. The largest absolute Gasteiger partial charge is 0.412 e. The van der Waals surface area contributed by atoms with Gasteiger partial charge in [-0.2, -0.15) is 0 Å². The zero-order valence-electron chi connectivity index (χ0n) is 5.31. The molecule has 0 saturated heterocycles. The van der Waals surface area contributed by atoms with Gasteiger partial charge in [0, 0.05) is 34.9 Å². The smallest absolute Gasteiger partial charge is 0.0402 e. The Kier molecular flexibility index (Phi) is 144. The third-order valence-electron chi connectivity index (χ3n) is 0. The molecule has 52 valence electrons. The monoisotopic (exact) mass is 158 g/mol. The first-order chi connectivity index (χ1) is 2.83. The zero-order valence-corrected chi connectivity index (χ0v) is 6.87. The van der Waals surface area contributed by atoms with Gasteiger partial charge in [-0.3, -0.25) is 0 Å². The zero-order chi connectivity index (χ0) is 5.41. The molecule has 0 aromatic rings. The van der Waals surface area contributed by atoms with Crippen LogP contribution in [0.25, 0.3) is 0 Å². The van der Waals surface area contributed by atoms with Crippen molar-refractivity contribution in [2.24, 2.45) is 0 Å². The van der Waals surface area contributed by atoms with Crippen LogP contribution < -0.4 is 0 Å². The molecule has 0 aliphatic carbocycles. The van der Waals surface area contributed by atoms with Gasteiger partial charge in [0.2, 0.25) is 0 Å². The first kappa shape index (κ1) is 23.5. The molecule has 0 fully saturated rings. The predicted molar refractivity (Wildman–Crippen MR) is 29.1 cm³/mol. The molecule has 0 spiro atoms. The summed E-state index contributed by atoms with van der Waals surface area (Å²) in [6.45, 7) is 3.86.